The molecule has 0 radical (unpaired) electrons. The number of rotatable bonds is 3. The van der Waals surface area contributed by atoms with Crippen LogP contribution < -0.4 is 4.74 Å². The highest BCUT2D eigenvalue weighted by atomic mass is 35.5. The Balaban J connectivity index is 1.43. The van der Waals surface area contributed by atoms with Crippen LogP contribution in [-0.4, -0.2) is 52.0 Å². The number of aryl methyl sites for hydroxylation is 1. The summed E-state index contributed by atoms with van der Waals surface area (Å²) in [4.78, 5) is 14.7. The van der Waals surface area contributed by atoms with Gasteiger partial charge < -0.3 is 14.4 Å². The van der Waals surface area contributed by atoms with E-state index in [2.05, 4.69) is 5.10 Å². The molecule has 138 valence electrons. The standard InChI is InChI=1S/C19H22ClN3O3/c1-22-16(7-9-21-22)18(24)23-10-4-8-19(13-23)11-14(12-25-19)26-17-6-3-2-5-15(17)20/h2-3,5-7,9,14H,4,8,10-13H2,1H3/t14-,19-/m1/s1. The molecule has 4 rings (SSSR count). The van der Waals surface area contributed by atoms with Crippen LogP contribution in [0.4, 0.5) is 0 Å². The van der Waals surface area contributed by atoms with Crippen molar-refractivity contribution in [3.05, 3.63) is 47.2 Å². The lowest BCUT2D eigenvalue weighted by atomic mass is 9.89. The number of hydrogen-bond acceptors (Lipinski definition) is 4. The highest BCUT2D eigenvalue weighted by Gasteiger charge is 2.45. The molecule has 3 heterocycles. The minimum absolute atomic E-state index is 0.00291. The molecular formula is C19H22ClN3O3. The fraction of sp³-hybridized carbons (Fsp3) is 0.474. The van der Waals surface area contributed by atoms with Crippen molar-refractivity contribution >= 4 is 17.5 Å². The van der Waals surface area contributed by atoms with Gasteiger partial charge in [-0.2, -0.15) is 5.10 Å². The van der Waals surface area contributed by atoms with Crippen molar-refractivity contribution in [1.82, 2.24) is 14.7 Å². The summed E-state index contributed by atoms with van der Waals surface area (Å²) in [5, 5.41) is 4.70. The summed E-state index contributed by atoms with van der Waals surface area (Å²) in [5.74, 6) is 0.682. The summed E-state index contributed by atoms with van der Waals surface area (Å²) in [7, 11) is 1.78. The van der Waals surface area contributed by atoms with Crippen molar-refractivity contribution in [3.8, 4) is 5.75 Å². The maximum atomic E-state index is 12.8. The normalized spacial score (nSPS) is 25.6. The number of halogens is 1. The first-order valence-corrected chi connectivity index (χ1v) is 9.27. The molecule has 7 heteroatoms. The number of benzene rings is 1. The molecule has 2 aliphatic rings. The number of nitrogens with zero attached hydrogens (tertiary/aromatic N) is 3. The number of aromatic nitrogens is 2. The van der Waals surface area contributed by atoms with Crippen LogP contribution in [0.5, 0.6) is 5.75 Å². The molecule has 0 bridgehead atoms. The fourth-order valence-corrected chi connectivity index (χ4v) is 4.08. The molecule has 2 atom stereocenters. The zero-order valence-corrected chi connectivity index (χ0v) is 15.5. The molecule has 1 spiro atoms. The Morgan fingerprint density at radius 2 is 2.23 bits per heavy atom. The van der Waals surface area contributed by atoms with Gasteiger partial charge in [0.25, 0.3) is 5.91 Å². The number of carbonyl (C=O) groups excluding carboxylic acids is 1. The van der Waals surface area contributed by atoms with Crippen LogP contribution in [0.1, 0.15) is 29.8 Å². The Morgan fingerprint density at radius 3 is 3.00 bits per heavy atom. The van der Waals surface area contributed by atoms with Gasteiger partial charge in [-0.1, -0.05) is 23.7 Å². The number of para-hydroxylation sites is 1. The SMILES string of the molecule is Cn1nccc1C(=O)N1CCC[C@@]2(C[C@@H](Oc3ccccc3Cl)CO2)C1. The second-order valence-electron chi connectivity index (χ2n) is 7.04. The van der Waals surface area contributed by atoms with Crippen LogP contribution in [0.3, 0.4) is 0 Å². The van der Waals surface area contributed by atoms with E-state index < -0.39 is 0 Å². The fourth-order valence-electron chi connectivity index (χ4n) is 3.90. The molecule has 1 amide bonds. The lowest BCUT2D eigenvalue weighted by Crippen LogP contribution is -2.50. The van der Waals surface area contributed by atoms with Gasteiger partial charge in [0.2, 0.25) is 0 Å². The van der Waals surface area contributed by atoms with Crippen molar-refractivity contribution < 1.29 is 14.3 Å². The van der Waals surface area contributed by atoms with Crippen molar-refractivity contribution in [2.24, 2.45) is 7.05 Å². The Labute approximate surface area is 157 Å². The number of piperidine rings is 1. The van der Waals surface area contributed by atoms with Gasteiger partial charge in [-0.05, 0) is 31.0 Å². The van der Waals surface area contributed by atoms with E-state index in [1.165, 1.54) is 0 Å². The van der Waals surface area contributed by atoms with Gasteiger partial charge >= 0.3 is 0 Å². The maximum absolute atomic E-state index is 12.8. The number of likely N-dealkylation sites (tertiary alicyclic amines) is 1. The second-order valence-corrected chi connectivity index (χ2v) is 7.45. The maximum Gasteiger partial charge on any atom is 0.272 e. The van der Waals surface area contributed by atoms with Gasteiger partial charge in [0, 0.05) is 26.2 Å². The predicted molar refractivity (Wildman–Crippen MR) is 97.5 cm³/mol. The number of ether oxygens (including phenoxy) is 2. The van der Waals surface area contributed by atoms with E-state index in [0.717, 1.165) is 25.8 Å². The van der Waals surface area contributed by atoms with Gasteiger partial charge in [-0.25, -0.2) is 0 Å². The quantitative estimate of drug-likeness (QED) is 0.827. The first kappa shape index (κ1) is 17.4. The predicted octanol–water partition coefficient (Wildman–Crippen LogP) is 2.92. The van der Waals surface area contributed by atoms with E-state index in [1.54, 1.807) is 24.0 Å². The molecule has 0 N–H and O–H groups in total. The third-order valence-electron chi connectivity index (χ3n) is 5.17. The van der Waals surface area contributed by atoms with Crippen LogP contribution in [0.2, 0.25) is 5.02 Å². The topological polar surface area (TPSA) is 56.6 Å². The number of hydrogen-bond donors (Lipinski definition) is 0. The highest BCUT2D eigenvalue weighted by molar-refractivity contribution is 6.32. The Morgan fingerprint density at radius 1 is 1.38 bits per heavy atom. The number of carbonyl (C=O) groups is 1. The van der Waals surface area contributed by atoms with E-state index in [-0.39, 0.29) is 17.6 Å². The average Bonchev–Trinajstić information content (AvgIpc) is 3.23. The summed E-state index contributed by atoms with van der Waals surface area (Å²) in [6.45, 7) is 1.84. The Hall–Kier alpha value is -2.05. The second kappa shape index (κ2) is 6.93. The van der Waals surface area contributed by atoms with E-state index in [1.807, 2.05) is 29.2 Å². The highest BCUT2D eigenvalue weighted by Crippen LogP contribution is 2.37. The van der Waals surface area contributed by atoms with Gasteiger partial charge in [-0.15, -0.1) is 0 Å². The zero-order valence-electron chi connectivity index (χ0n) is 14.7. The molecule has 2 fully saturated rings. The van der Waals surface area contributed by atoms with Crippen molar-refractivity contribution in [1.29, 1.82) is 0 Å². The Kier molecular flexibility index (Phi) is 4.63. The summed E-state index contributed by atoms with van der Waals surface area (Å²) >= 11 is 6.19. The van der Waals surface area contributed by atoms with E-state index >= 15 is 0 Å². The lowest BCUT2D eigenvalue weighted by molar-refractivity contribution is -0.0455. The molecular weight excluding hydrogens is 354 g/mol. The monoisotopic (exact) mass is 375 g/mol. The lowest BCUT2D eigenvalue weighted by Gasteiger charge is -2.39. The van der Waals surface area contributed by atoms with Gasteiger partial charge in [0.15, 0.2) is 0 Å². The molecule has 2 aromatic rings. The number of amides is 1. The Bertz CT molecular complexity index is 809. The van der Waals surface area contributed by atoms with Crippen molar-refractivity contribution in [2.45, 2.75) is 31.0 Å². The summed E-state index contributed by atoms with van der Waals surface area (Å²) in [6, 6.07) is 9.22. The van der Waals surface area contributed by atoms with E-state index in [9.17, 15) is 4.79 Å². The van der Waals surface area contributed by atoms with Crippen molar-refractivity contribution in [2.75, 3.05) is 19.7 Å². The molecule has 1 aromatic carbocycles. The van der Waals surface area contributed by atoms with Crippen molar-refractivity contribution in [3.63, 3.8) is 0 Å². The van der Waals surface area contributed by atoms with Gasteiger partial charge in [0.05, 0.1) is 23.8 Å². The first-order chi connectivity index (χ1) is 12.6. The van der Waals surface area contributed by atoms with Gasteiger partial charge in [0.1, 0.15) is 17.5 Å². The third kappa shape index (κ3) is 3.31. The molecule has 0 saturated carbocycles. The molecule has 1 aromatic heterocycles. The summed E-state index contributed by atoms with van der Waals surface area (Å²) in [5.41, 5.74) is 0.266. The van der Waals surface area contributed by atoms with E-state index in [0.29, 0.717) is 29.6 Å². The van der Waals surface area contributed by atoms with E-state index in [4.69, 9.17) is 21.1 Å². The molecule has 0 unspecified atom stereocenters. The minimum Gasteiger partial charge on any atom is -0.486 e. The largest absolute Gasteiger partial charge is 0.486 e. The smallest absolute Gasteiger partial charge is 0.272 e. The summed E-state index contributed by atoms with van der Waals surface area (Å²) < 4.78 is 13.8. The van der Waals surface area contributed by atoms with Crippen LogP contribution in [0, 0.1) is 0 Å². The molecule has 0 aliphatic carbocycles. The van der Waals surface area contributed by atoms with Crippen LogP contribution >= 0.6 is 11.6 Å². The summed E-state index contributed by atoms with van der Waals surface area (Å²) in [6.07, 6.45) is 4.20. The molecule has 26 heavy (non-hydrogen) atoms. The van der Waals surface area contributed by atoms with Crippen LogP contribution in [0.25, 0.3) is 0 Å². The molecule has 6 nitrogen and oxygen atoms in total. The molecule has 2 aliphatic heterocycles. The molecule has 2 saturated heterocycles. The first-order valence-electron chi connectivity index (χ1n) is 8.89. The van der Waals surface area contributed by atoms with Gasteiger partial charge in [-0.3, -0.25) is 9.48 Å². The minimum atomic E-state index is -0.335. The zero-order chi connectivity index (χ0) is 18.1. The average molecular weight is 376 g/mol. The third-order valence-corrected chi connectivity index (χ3v) is 5.48. The van der Waals surface area contributed by atoms with Crippen LogP contribution in [0.15, 0.2) is 36.5 Å². The van der Waals surface area contributed by atoms with Crippen LogP contribution in [-0.2, 0) is 11.8 Å².